The second-order valence-electron chi connectivity index (χ2n) is 5.74. The van der Waals surface area contributed by atoms with Gasteiger partial charge in [0, 0.05) is 19.9 Å². The van der Waals surface area contributed by atoms with Gasteiger partial charge < -0.3 is 14.8 Å². The molecule has 0 aliphatic heterocycles. The Morgan fingerprint density at radius 2 is 1.82 bits per heavy atom. The average Bonchev–Trinajstić information content (AvgIpc) is 2.50. The number of esters is 2. The van der Waals surface area contributed by atoms with Crippen LogP contribution in [0.25, 0.3) is 0 Å². The van der Waals surface area contributed by atoms with Crippen LogP contribution >= 0.6 is 0 Å². The Hall–Kier alpha value is -1.59. The number of ether oxygens (including phenoxy) is 2. The molecule has 0 unspecified atom stereocenters. The topological polar surface area (TPSA) is 81.7 Å². The van der Waals surface area contributed by atoms with Gasteiger partial charge in [0.15, 0.2) is 0 Å². The lowest BCUT2D eigenvalue weighted by atomic mass is 9.86. The Balaban J connectivity index is 2.22. The van der Waals surface area contributed by atoms with Gasteiger partial charge in [-0.15, -0.1) is 0 Å². The fourth-order valence-corrected chi connectivity index (χ4v) is 2.72. The van der Waals surface area contributed by atoms with Gasteiger partial charge in [-0.25, -0.2) is 0 Å². The zero-order valence-corrected chi connectivity index (χ0v) is 13.6. The summed E-state index contributed by atoms with van der Waals surface area (Å²) in [6.07, 6.45) is 5.85. The molecule has 1 aliphatic rings. The molecule has 2 atom stereocenters. The summed E-state index contributed by atoms with van der Waals surface area (Å²) in [4.78, 5) is 34.3. The van der Waals surface area contributed by atoms with Crippen molar-refractivity contribution < 1.29 is 23.9 Å². The molecule has 0 aromatic carbocycles. The van der Waals surface area contributed by atoms with Crippen LogP contribution in [0.4, 0.5) is 0 Å². The van der Waals surface area contributed by atoms with Gasteiger partial charge in [-0.05, 0) is 32.1 Å². The van der Waals surface area contributed by atoms with E-state index in [1.54, 1.807) is 0 Å². The Bertz CT molecular complexity index is 383. The highest BCUT2D eigenvalue weighted by molar-refractivity contribution is 5.74. The number of methoxy groups -OCH3 is 1. The molecular formula is C16H27NO5. The van der Waals surface area contributed by atoms with Crippen molar-refractivity contribution in [3.8, 4) is 0 Å². The van der Waals surface area contributed by atoms with Gasteiger partial charge in [-0.2, -0.15) is 0 Å². The first-order valence-corrected chi connectivity index (χ1v) is 8.06. The molecule has 1 saturated carbocycles. The molecule has 126 valence electrons. The Morgan fingerprint density at radius 3 is 2.50 bits per heavy atom. The number of carbonyl (C=O) groups excluding carboxylic acids is 3. The Morgan fingerprint density at radius 1 is 1.09 bits per heavy atom. The number of amides is 1. The number of hydrogen-bond donors (Lipinski definition) is 1. The van der Waals surface area contributed by atoms with Crippen molar-refractivity contribution in [3.63, 3.8) is 0 Å². The van der Waals surface area contributed by atoms with Crippen LogP contribution in [-0.2, 0) is 23.9 Å². The summed E-state index contributed by atoms with van der Waals surface area (Å²) in [6, 6.07) is 0. The first-order chi connectivity index (χ1) is 10.5. The van der Waals surface area contributed by atoms with Gasteiger partial charge in [-0.1, -0.05) is 12.8 Å². The van der Waals surface area contributed by atoms with Crippen LogP contribution in [0, 0.1) is 5.92 Å². The first-order valence-electron chi connectivity index (χ1n) is 8.06. The van der Waals surface area contributed by atoms with Crippen LogP contribution in [-0.4, -0.2) is 37.6 Å². The fourth-order valence-electron chi connectivity index (χ4n) is 2.72. The summed E-state index contributed by atoms with van der Waals surface area (Å²) in [5.74, 6) is -0.888. The molecule has 0 spiro atoms. The van der Waals surface area contributed by atoms with Gasteiger partial charge in [-0.3, -0.25) is 14.4 Å². The summed E-state index contributed by atoms with van der Waals surface area (Å²) >= 11 is 0. The van der Waals surface area contributed by atoms with Crippen molar-refractivity contribution in [2.45, 2.75) is 64.4 Å². The van der Waals surface area contributed by atoms with E-state index in [1.165, 1.54) is 14.0 Å². The van der Waals surface area contributed by atoms with Gasteiger partial charge in [0.2, 0.25) is 5.91 Å². The molecule has 1 rings (SSSR count). The molecular weight excluding hydrogens is 286 g/mol. The van der Waals surface area contributed by atoms with Crippen molar-refractivity contribution in [3.05, 3.63) is 0 Å². The summed E-state index contributed by atoms with van der Waals surface area (Å²) in [6.45, 7) is 2.12. The van der Waals surface area contributed by atoms with Gasteiger partial charge in [0.05, 0.1) is 13.0 Å². The molecule has 6 nitrogen and oxygen atoms in total. The minimum Gasteiger partial charge on any atom is -0.469 e. The largest absolute Gasteiger partial charge is 0.469 e. The highest BCUT2D eigenvalue weighted by Crippen LogP contribution is 2.28. The molecule has 0 aromatic rings. The van der Waals surface area contributed by atoms with Crippen molar-refractivity contribution >= 4 is 17.8 Å². The highest BCUT2D eigenvalue weighted by Gasteiger charge is 2.34. The molecule has 1 amide bonds. The zero-order valence-electron chi connectivity index (χ0n) is 13.6. The predicted octanol–water partition coefficient (Wildman–Crippen LogP) is 1.96. The van der Waals surface area contributed by atoms with E-state index in [2.05, 4.69) is 5.32 Å². The fraction of sp³-hybridized carbons (Fsp3) is 0.812. The third-order valence-electron chi connectivity index (χ3n) is 3.92. The van der Waals surface area contributed by atoms with Crippen molar-refractivity contribution in [2.75, 3.05) is 13.7 Å². The highest BCUT2D eigenvalue weighted by atomic mass is 16.6. The van der Waals surface area contributed by atoms with Gasteiger partial charge in [0.1, 0.15) is 6.10 Å². The minimum atomic E-state index is -0.340. The molecule has 1 N–H and O–H groups in total. The molecule has 1 fully saturated rings. The summed E-state index contributed by atoms with van der Waals surface area (Å²) < 4.78 is 10.2. The normalized spacial score (nSPS) is 21.0. The Labute approximate surface area is 131 Å². The maximum atomic E-state index is 11.9. The molecule has 0 saturated heterocycles. The number of hydrogen-bond acceptors (Lipinski definition) is 5. The third-order valence-corrected chi connectivity index (χ3v) is 3.92. The van der Waals surface area contributed by atoms with E-state index < -0.39 is 0 Å². The monoisotopic (exact) mass is 313 g/mol. The summed E-state index contributed by atoms with van der Waals surface area (Å²) in [7, 11) is 1.37. The van der Waals surface area contributed by atoms with Crippen LogP contribution in [0.1, 0.15) is 58.3 Å². The second-order valence-corrected chi connectivity index (χ2v) is 5.74. The lowest BCUT2D eigenvalue weighted by Gasteiger charge is -2.29. The van der Waals surface area contributed by atoms with E-state index in [4.69, 9.17) is 9.47 Å². The van der Waals surface area contributed by atoms with Crippen molar-refractivity contribution in [1.29, 1.82) is 0 Å². The number of carbonyl (C=O) groups is 3. The molecule has 6 heteroatoms. The van der Waals surface area contributed by atoms with Crippen LogP contribution in [0.5, 0.6) is 0 Å². The molecule has 0 bridgehead atoms. The van der Waals surface area contributed by atoms with Crippen LogP contribution in [0.2, 0.25) is 0 Å². The Kier molecular flexibility index (Phi) is 8.55. The van der Waals surface area contributed by atoms with Gasteiger partial charge >= 0.3 is 11.9 Å². The van der Waals surface area contributed by atoms with Crippen molar-refractivity contribution in [1.82, 2.24) is 5.32 Å². The first kappa shape index (κ1) is 18.5. The lowest BCUT2D eigenvalue weighted by Crippen LogP contribution is -2.35. The van der Waals surface area contributed by atoms with Crippen molar-refractivity contribution in [2.24, 2.45) is 5.92 Å². The standard InChI is InChI=1S/C16H27NO5/c1-12(18)17-11-7-3-4-10-15(19)22-14-9-6-5-8-13(14)16(20)21-2/h13-14H,3-11H2,1-2H3,(H,17,18)/t13-,14-/m0/s1. The minimum absolute atomic E-state index is 0.0365. The lowest BCUT2D eigenvalue weighted by molar-refractivity contribution is -0.163. The second kappa shape index (κ2) is 10.2. The maximum Gasteiger partial charge on any atom is 0.312 e. The SMILES string of the molecule is COC(=O)[C@H]1CCCC[C@@H]1OC(=O)CCCCCNC(C)=O. The number of nitrogens with one attached hydrogen (secondary N) is 1. The molecule has 0 aromatic heterocycles. The van der Waals surface area contributed by atoms with E-state index in [1.807, 2.05) is 0 Å². The quantitative estimate of drug-likeness (QED) is 0.547. The van der Waals surface area contributed by atoms with Crippen LogP contribution in [0.3, 0.4) is 0 Å². The summed E-state index contributed by atoms with van der Waals surface area (Å²) in [5.41, 5.74) is 0. The van der Waals surface area contributed by atoms with E-state index >= 15 is 0 Å². The zero-order chi connectivity index (χ0) is 16.4. The van der Waals surface area contributed by atoms with Crippen LogP contribution in [0.15, 0.2) is 0 Å². The number of unbranched alkanes of at least 4 members (excludes halogenated alkanes) is 2. The van der Waals surface area contributed by atoms with E-state index in [9.17, 15) is 14.4 Å². The number of rotatable bonds is 8. The molecule has 1 aliphatic carbocycles. The predicted molar refractivity (Wildman–Crippen MR) is 81.0 cm³/mol. The maximum absolute atomic E-state index is 11.9. The van der Waals surface area contributed by atoms with E-state index in [0.717, 1.165) is 44.9 Å². The summed E-state index contributed by atoms with van der Waals surface area (Å²) in [5, 5.41) is 2.72. The smallest absolute Gasteiger partial charge is 0.312 e. The van der Waals surface area contributed by atoms with E-state index in [-0.39, 0.29) is 29.9 Å². The van der Waals surface area contributed by atoms with Crippen LogP contribution < -0.4 is 5.32 Å². The van der Waals surface area contributed by atoms with E-state index in [0.29, 0.717) is 13.0 Å². The molecule has 22 heavy (non-hydrogen) atoms. The molecule has 0 heterocycles. The van der Waals surface area contributed by atoms with Gasteiger partial charge in [0.25, 0.3) is 0 Å². The molecule has 0 radical (unpaired) electrons. The average molecular weight is 313 g/mol. The third kappa shape index (κ3) is 6.91.